The van der Waals surface area contributed by atoms with Gasteiger partial charge in [0.25, 0.3) is 0 Å². The molecule has 0 bridgehead atoms. The van der Waals surface area contributed by atoms with E-state index in [4.69, 9.17) is 0 Å². The van der Waals surface area contributed by atoms with Crippen LogP contribution in [0.15, 0.2) is 24.3 Å². The zero-order valence-corrected chi connectivity index (χ0v) is 14.5. The number of hydrogen-bond acceptors (Lipinski definition) is 4. The van der Waals surface area contributed by atoms with Gasteiger partial charge in [0, 0.05) is 26.2 Å². The highest BCUT2D eigenvalue weighted by molar-refractivity contribution is 5.94. The summed E-state index contributed by atoms with van der Waals surface area (Å²) in [4.78, 5) is 16.9. The standard InChI is InChI=1S/C18H29N3O2/c1-4-20-9-11-21(12-10-20)16-8-6-5-7-15(16)19-18(23)13-17(22)14(2)3/h5-8,14,17,22H,4,9-13H2,1-3H3,(H,19,23). The molecule has 0 radical (unpaired) electrons. The quantitative estimate of drug-likeness (QED) is 0.844. The lowest BCUT2D eigenvalue weighted by atomic mass is 10.0. The van der Waals surface area contributed by atoms with Gasteiger partial charge < -0.3 is 20.2 Å². The largest absolute Gasteiger partial charge is 0.392 e. The summed E-state index contributed by atoms with van der Waals surface area (Å²) in [5, 5.41) is 12.8. The highest BCUT2D eigenvalue weighted by Gasteiger charge is 2.20. The van der Waals surface area contributed by atoms with Gasteiger partial charge in [0.1, 0.15) is 0 Å². The summed E-state index contributed by atoms with van der Waals surface area (Å²) >= 11 is 0. The average Bonchev–Trinajstić information content (AvgIpc) is 2.55. The number of carbonyl (C=O) groups excluding carboxylic acids is 1. The molecule has 1 atom stereocenters. The summed E-state index contributed by atoms with van der Waals surface area (Å²) in [7, 11) is 0. The van der Waals surface area contributed by atoms with Gasteiger partial charge in [-0.05, 0) is 24.6 Å². The van der Waals surface area contributed by atoms with Crippen molar-refractivity contribution in [2.45, 2.75) is 33.3 Å². The van der Waals surface area contributed by atoms with E-state index < -0.39 is 6.10 Å². The smallest absolute Gasteiger partial charge is 0.227 e. The van der Waals surface area contributed by atoms with Crippen molar-refractivity contribution in [3.8, 4) is 0 Å². The predicted octanol–water partition coefficient (Wildman–Crippen LogP) is 2.17. The fourth-order valence-electron chi connectivity index (χ4n) is 2.79. The first-order valence-corrected chi connectivity index (χ1v) is 8.55. The third-order valence-electron chi connectivity index (χ3n) is 4.50. The Labute approximate surface area is 139 Å². The van der Waals surface area contributed by atoms with Crippen LogP contribution >= 0.6 is 0 Å². The van der Waals surface area contributed by atoms with E-state index in [1.807, 2.05) is 32.0 Å². The number of rotatable bonds is 6. The van der Waals surface area contributed by atoms with Crippen molar-refractivity contribution < 1.29 is 9.90 Å². The predicted molar refractivity (Wildman–Crippen MR) is 94.9 cm³/mol. The number of amides is 1. The first kappa shape index (κ1) is 17.8. The Kier molecular flexibility index (Phi) is 6.42. The molecule has 0 spiro atoms. The average molecular weight is 319 g/mol. The normalized spacial score (nSPS) is 17.3. The van der Waals surface area contributed by atoms with Crippen molar-refractivity contribution in [1.82, 2.24) is 4.90 Å². The number of piperazine rings is 1. The molecule has 0 aromatic heterocycles. The van der Waals surface area contributed by atoms with Crippen molar-refractivity contribution in [3.05, 3.63) is 24.3 Å². The molecule has 2 rings (SSSR count). The topological polar surface area (TPSA) is 55.8 Å². The van der Waals surface area contributed by atoms with Gasteiger partial charge in [-0.3, -0.25) is 4.79 Å². The molecule has 1 aliphatic rings. The van der Waals surface area contributed by atoms with Crippen LogP contribution in [0, 0.1) is 5.92 Å². The minimum atomic E-state index is -0.602. The Morgan fingerprint density at radius 3 is 2.48 bits per heavy atom. The van der Waals surface area contributed by atoms with E-state index in [2.05, 4.69) is 28.1 Å². The Morgan fingerprint density at radius 2 is 1.87 bits per heavy atom. The van der Waals surface area contributed by atoms with Crippen LogP contribution in [0.4, 0.5) is 11.4 Å². The minimum absolute atomic E-state index is 0.0816. The van der Waals surface area contributed by atoms with E-state index in [-0.39, 0.29) is 18.2 Å². The number of para-hydroxylation sites is 2. The van der Waals surface area contributed by atoms with E-state index in [0.717, 1.165) is 44.1 Å². The van der Waals surface area contributed by atoms with Crippen molar-refractivity contribution in [2.75, 3.05) is 42.9 Å². The fraction of sp³-hybridized carbons (Fsp3) is 0.611. The second-order valence-corrected chi connectivity index (χ2v) is 6.50. The molecule has 1 unspecified atom stereocenters. The summed E-state index contributed by atoms with van der Waals surface area (Å²) < 4.78 is 0. The highest BCUT2D eigenvalue weighted by atomic mass is 16.3. The number of aliphatic hydroxyl groups is 1. The van der Waals surface area contributed by atoms with Gasteiger partial charge in [0.15, 0.2) is 0 Å². The van der Waals surface area contributed by atoms with Gasteiger partial charge >= 0.3 is 0 Å². The lowest BCUT2D eigenvalue weighted by Gasteiger charge is -2.36. The molecule has 1 aromatic carbocycles. The Morgan fingerprint density at radius 1 is 1.22 bits per heavy atom. The number of carbonyl (C=O) groups is 1. The van der Waals surface area contributed by atoms with E-state index in [1.54, 1.807) is 0 Å². The van der Waals surface area contributed by atoms with Crippen molar-refractivity contribution in [1.29, 1.82) is 0 Å². The van der Waals surface area contributed by atoms with Crippen LogP contribution in [0.2, 0.25) is 0 Å². The number of benzene rings is 1. The van der Waals surface area contributed by atoms with Crippen LogP contribution < -0.4 is 10.2 Å². The third-order valence-corrected chi connectivity index (χ3v) is 4.50. The summed E-state index contributed by atoms with van der Waals surface area (Å²) in [6.07, 6.45) is -0.467. The van der Waals surface area contributed by atoms with Crippen LogP contribution in [-0.2, 0) is 4.79 Å². The molecule has 1 amide bonds. The second-order valence-electron chi connectivity index (χ2n) is 6.50. The zero-order chi connectivity index (χ0) is 16.8. The van der Waals surface area contributed by atoms with Gasteiger partial charge in [-0.1, -0.05) is 32.9 Å². The fourth-order valence-corrected chi connectivity index (χ4v) is 2.79. The SMILES string of the molecule is CCN1CCN(c2ccccc2NC(=O)CC(O)C(C)C)CC1. The van der Waals surface area contributed by atoms with Gasteiger partial charge in [0.2, 0.25) is 5.91 Å². The van der Waals surface area contributed by atoms with Crippen LogP contribution in [0.5, 0.6) is 0 Å². The molecule has 1 fully saturated rings. The molecule has 1 aliphatic heterocycles. The van der Waals surface area contributed by atoms with Crippen molar-refractivity contribution in [2.24, 2.45) is 5.92 Å². The summed E-state index contributed by atoms with van der Waals surface area (Å²) in [6, 6.07) is 7.91. The summed E-state index contributed by atoms with van der Waals surface area (Å²) in [5.74, 6) is -0.0519. The minimum Gasteiger partial charge on any atom is -0.392 e. The van der Waals surface area contributed by atoms with Gasteiger partial charge in [-0.25, -0.2) is 0 Å². The summed E-state index contributed by atoms with van der Waals surface area (Å²) in [6.45, 7) is 11.1. The molecule has 0 aliphatic carbocycles. The van der Waals surface area contributed by atoms with E-state index in [1.165, 1.54) is 0 Å². The van der Waals surface area contributed by atoms with Crippen molar-refractivity contribution >= 4 is 17.3 Å². The first-order chi connectivity index (χ1) is 11.0. The first-order valence-electron chi connectivity index (χ1n) is 8.55. The Balaban J connectivity index is 2.02. The molecular weight excluding hydrogens is 290 g/mol. The number of anilines is 2. The van der Waals surface area contributed by atoms with Gasteiger partial charge in [-0.15, -0.1) is 0 Å². The van der Waals surface area contributed by atoms with Crippen LogP contribution in [0.3, 0.4) is 0 Å². The Hall–Kier alpha value is -1.59. The molecule has 1 heterocycles. The monoisotopic (exact) mass is 319 g/mol. The van der Waals surface area contributed by atoms with E-state index >= 15 is 0 Å². The van der Waals surface area contributed by atoms with Crippen LogP contribution in [0.1, 0.15) is 27.2 Å². The Bertz CT molecular complexity index is 511. The number of nitrogens with one attached hydrogen (secondary N) is 1. The lowest BCUT2D eigenvalue weighted by Crippen LogP contribution is -2.46. The van der Waals surface area contributed by atoms with Crippen LogP contribution in [-0.4, -0.2) is 54.7 Å². The highest BCUT2D eigenvalue weighted by Crippen LogP contribution is 2.27. The van der Waals surface area contributed by atoms with E-state index in [0.29, 0.717) is 0 Å². The molecule has 1 aromatic rings. The van der Waals surface area contributed by atoms with Gasteiger partial charge in [-0.2, -0.15) is 0 Å². The maximum absolute atomic E-state index is 12.2. The summed E-state index contributed by atoms with van der Waals surface area (Å²) in [5.41, 5.74) is 1.90. The molecular formula is C18H29N3O2. The van der Waals surface area contributed by atoms with Crippen LogP contribution in [0.25, 0.3) is 0 Å². The lowest BCUT2D eigenvalue weighted by molar-refractivity contribution is -0.118. The van der Waals surface area contributed by atoms with E-state index in [9.17, 15) is 9.90 Å². The maximum Gasteiger partial charge on any atom is 0.227 e. The number of aliphatic hydroxyl groups excluding tert-OH is 1. The second kappa shape index (κ2) is 8.31. The maximum atomic E-state index is 12.2. The van der Waals surface area contributed by atoms with Gasteiger partial charge in [0.05, 0.1) is 23.9 Å². The molecule has 1 saturated heterocycles. The molecule has 23 heavy (non-hydrogen) atoms. The molecule has 2 N–H and O–H groups in total. The number of hydrogen-bond donors (Lipinski definition) is 2. The van der Waals surface area contributed by atoms with Crippen molar-refractivity contribution in [3.63, 3.8) is 0 Å². The molecule has 5 nitrogen and oxygen atoms in total. The zero-order valence-electron chi connectivity index (χ0n) is 14.5. The molecule has 128 valence electrons. The molecule has 5 heteroatoms. The number of likely N-dealkylation sites (N-methyl/N-ethyl adjacent to an activating group) is 1. The number of nitrogens with zero attached hydrogens (tertiary/aromatic N) is 2. The third kappa shape index (κ3) is 4.94. The molecule has 0 saturated carbocycles.